The van der Waals surface area contributed by atoms with Gasteiger partial charge in [-0.1, -0.05) is 13.8 Å². The standard InChI is InChI=1S/C14H31N3O3S/c1-13(2)15-8-6-9-16(3)21(18,19)17(4)11-14-7-5-10-20-12-14/h13-15H,5-12H2,1-4H3. The smallest absolute Gasteiger partial charge is 0.281 e. The number of nitrogens with one attached hydrogen (secondary N) is 1. The van der Waals surface area contributed by atoms with Gasteiger partial charge in [-0.3, -0.25) is 0 Å². The van der Waals surface area contributed by atoms with Crippen molar-refractivity contribution in [2.24, 2.45) is 5.92 Å². The fraction of sp³-hybridized carbons (Fsp3) is 1.00. The van der Waals surface area contributed by atoms with E-state index in [1.807, 2.05) is 0 Å². The number of ether oxygens (including phenoxy) is 1. The third-order valence-corrected chi connectivity index (χ3v) is 5.67. The number of hydrogen-bond acceptors (Lipinski definition) is 4. The predicted octanol–water partition coefficient (Wildman–Crippen LogP) is 0.910. The van der Waals surface area contributed by atoms with Crippen LogP contribution in [-0.4, -0.2) is 70.0 Å². The molecule has 0 saturated carbocycles. The second kappa shape index (κ2) is 9.05. The van der Waals surface area contributed by atoms with E-state index in [0.717, 1.165) is 32.4 Å². The van der Waals surface area contributed by atoms with E-state index in [1.165, 1.54) is 8.61 Å². The summed E-state index contributed by atoms with van der Waals surface area (Å²) < 4.78 is 33.2. The summed E-state index contributed by atoms with van der Waals surface area (Å²) in [6.45, 7) is 7.54. The third kappa shape index (κ3) is 6.61. The quantitative estimate of drug-likeness (QED) is 0.641. The first-order valence-electron chi connectivity index (χ1n) is 7.82. The van der Waals surface area contributed by atoms with Crippen LogP contribution in [0.5, 0.6) is 0 Å². The van der Waals surface area contributed by atoms with Crippen molar-refractivity contribution in [1.29, 1.82) is 0 Å². The molecule has 1 saturated heterocycles. The molecule has 0 aromatic carbocycles. The van der Waals surface area contributed by atoms with Gasteiger partial charge in [0.1, 0.15) is 0 Å². The van der Waals surface area contributed by atoms with Gasteiger partial charge in [-0.15, -0.1) is 0 Å². The van der Waals surface area contributed by atoms with Gasteiger partial charge in [0.05, 0.1) is 6.61 Å². The lowest BCUT2D eigenvalue weighted by atomic mass is 10.0. The van der Waals surface area contributed by atoms with Crippen LogP contribution in [0.15, 0.2) is 0 Å². The van der Waals surface area contributed by atoms with E-state index < -0.39 is 10.2 Å². The number of hydrogen-bond donors (Lipinski definition) is 1. The van der Waals surface area contributed by atoms with Crippen LogP contribution in [0.3, 0.4) is 0 Å². The highest BCUT2D eigenvalue weighted by atomic mass is 32.2. The summed E-state index contributed by atoms with van der Waals surface area (Å²) in [6.07, 6.45) is 2.88. The average molecular weight is 321 g/mol. The molecule has 0 aromatic heterocycles. The van der Waals surface area contributed by atoms with Gasteiger partial charge in [0.15, 0.2) is 0 Å². The van der Waals surface area contributed by atoms with Crippen LogP contribution >= 0.6 is 0 Å². The molecule has 1 heterocycles. The van der Waals surface area contributed by atoms with E-state index in [4.69, 9.17) is 4.74 Å². The fourth-order valence-corrected chi connectivity index (χ4v) is 3.69. The molecule has 7 heteroatoms. The summed E-state index contributed by atoms with van der Waals surface area (Å²) in [4.78, 5) is 0. The monoisotopic (exact) mass is 321 g/mol. The molecule has 126 valence electrons. The average Bonchev–Trinajstić information content (AvgIpc) is 2.44. The molecule has 0 aliphatic carbocycles. The molecule has 1 atom stereocenters. The van der Waals surface area contributed by atoms with Gasteiger partial charge in [-0.2, -0.15) is 17.0 Å². The van der Waals surface area contributed by atoms with E-state index in [-0.39, 0.29) is 0 Å². The molecule has 1 fully saturated rings. The van der Waals surface area contributed by atoms with Crippen molar-refractivity contribution >= 4 is 10.2 Å². The first-order valence-corrected chi connectivity index (χ1v) is 9.22. The molecule has 1 unspecified atom stereocenters. The minimum absolute atomic E-state index is 0.314. The van der Waals surface area contributed by atoms with Gasteiger partial charge >= 0.3 is 0 Å². The summed E-state index contributed by atoms with van der Waals surface area (Å²) in [5.41, 5.74) is 0. The van der Waals surface area contributed by atoms with Crippen LogP contribution in [0, 0.1) is 5.92 Å². The second-order valence-electron chi connectivity index (χ2n) is 6.16. The zero-order valence-corrected chi connectivity index (χ0v) is 14.7. The lowest BCUT2D eigenvalue weighted by molar-refractivity contribution is 0.0491. The van der Waals surface area contributed by atoms with Gasteiger partial charge in [0.25, 0.3) is 10.2 Å². The Morgan fingerprint density at radius 2 is 2.00 bits per heavy atom. The minimum atomic E-state index is -3.36. The topological polar surface area (TPSA) is 61.9 Å². The highest BCUT2D eigenvalue weighted by Gasteiger charge is 2.26. The lowest BCUT2D eigenvalue weighted by Crippen LogP contribution is -2.43. The van der Waals surface area contributed by atoms with E-state index >= 15 is 0 Å². The van der Waals surface area contributed by atoms with Crippen molar-refractivity contribution in [3.8, 4) is 0 Å². The van der Waals surface area contributed by atoms with Crippen LogP contribution < -0.4 is 5.32 Å². The van der Waals surface area contributed by atoms with Crippen LogP contribution in [0.4, 0.5) is 0 Å². The van der Waals surface area contributed by atoms with E-state index in [1.54, 1.807) is 14.1 Å². The molecule has 1 aliphatic rings. The second-order valence-corrected chi connectivity index (χ2v) is 8.30. The summed E-state index contributed by atoms with van der Waals surface area (Å²) in [7, 11) is -0.0448. The molecular formula is C14H31N3O3S. The van der Waals surface area contributed by atoms with Crippen molar-refractivity contribution in [2.45, 2.75) is 39.2 Å². The highest BCUT2D eigenvalue weighted by Crippen LogP contribution is 2.16. The maximum atomic E-state index is 12.4. The van der Waals surface area contributed by atoms with Crippen molar-refractivity contribution < 1.29 is 13.2 Å². The van der Waals surface area contributed by atoms with Crippen molar-refractivity contribution in [1.82, 2.24) is 13.9 Å². The first kappa shape index (κ1) is 18.8. The largest absolute Gasteiger partial charge is 0.381 e. The molecule has 1 aliphatic heterocycles. The van der Waals surface area contributed by atoms with Gasteiger partial charge in [-0.25, -0.2) is 0 Å². The van der Waals surface area contributed by atoms with Crippen LogP contribution in [-0.2, 0) is 14.9 Å². The molecule has 21 heavy (non-hydrogen) atoms. The molecule has 0 spiro atoms. The van der Waals surface area contributed by atoms with E-state index in [0.29, 0.717) is 31.7 Å². The Bertz CT molecular complexity index is 381. The lowest BCUT2D eigenvalue weighted by Gasteiger charge is -2.29. The predicted molar refractivity (Wildman–Crippen MR) is 85.5 cm³/mol. The SMILES string of the molecule is CC(C)NCCCN(C)S(=O)(=O)N(C)CC1CCCOC1. The molecule has 1 rings (SSSR count). The Morgan fingerprint density at radius 3 is 2.57 bits per heavy atom. The zero-order chi connectivity index (χ0) is 15.9. The molecule has 0 aromatic rings. The Balaban J connectivity index is 2.38. The van der Waals surface area contributed by atoms with Crippen LogP contribution in [0.2, 0.25) is 0 Å². The first-order chi connectivity index (χ1) is 9.84. The molecule has 1 N–H and O–H groups in total. The van der Waals surface area contributed by atoms with Gasteiger partial charge in [0, 0.05) is 39.8 Å². The van der Waals surface area contributed by atoms with E-state index in [2.05, 4.69) is 19.2 Å². The summed E-state index contributed by atoms with van der Waals surface area (Å²) >= 11 is 0. The number of rotatable bonds is 9. The van der Waals surface area contributed by atoms with Crippen LogP contribution in [0.1, 0.15) is 33.1 Å². The third-order valence-electron chi connectivity index (χ3n) is 3.76. The van der Waals surface area contributed by atoms with E-state index in [9.17, 15) is 8.42 Å². The fourth-order valence-electron chi connectivity index (χ4n) is 2.45. The van der Waals surface area contributed by atoms with Gasteiger partial charge < -0.3 is 10.1 Å². The van der Waals surface area contributed by atoms with Gasteiger partial charge in [0.2, 0.25) is 0 Å². The zero-order valence-electron chi connectivity index (χ0n) is 13.8. The minimum Gasteiger partial charge on any atom is -0.381 e. The maximum Gasteiger partial charge on any atom is 0.281 e. The normalized spacial score (nSPS) is 20.6. The molecule has 0 amide bonds. The number of nitrogens with zero attached hydrogens (tertiary/aromatic N) is 2. The van der Waals surface area contributed by atoms with Crippen molar-refractivity contribution in [3.63, 3.8) is 0 Å². The van der Waals surface area contributed by atoms with Crippen molar-refractivity contribution in [3.05, 3.63) is 0 Å². The molecule has 6 nitrogen and oxygen atoms in total. The Labute approximate surface area is 130 Å². The highest BCUT2D eigenvalue weighted by molar-refractivity contribution is 7.86. The van der Waals surface area contributed by atoms with Crippen molar-refractivity contribution in [2.75, 3.05) is 46.9 Å². The molecule has 0 radical (unpaired) electrons. The van der Waals surface area contributed by atoms with Gasteiger partial charge in [-0.05, 0) is 31.7 Å². The Hall–Kier alpha value is -0.210. The summed E-state index contributed by atoms with van der Waals surface area (Å²) in [5.74, 6) is 0.314. The Kier molecular flexibility index (Phi) is 8.12. The molecular weight excluding hydrogens is 290 g/mol. The maximum absolute atomic E-state index is 12.4. The Morgan fingerprint density at radius 1 is 1.29 bits per heavy atom. The summed E-state index contributed by atoms with van der Waals surface area (Å²) in [5, 5.41) is 3.30. The van der Waals surface area contributed by atoms with Crippen LogP contribution in [0.25, 0.3) is 0 Å². The molecule has 0 bridgehead atoms. The summed E-state index contributed by atoms with van der Waals surface area (Å²) in [6, 6.07) is 0.431.